The highest BCUT2D eigenvalue weighted by Crippen LogP contribution is 2.28. The fraction of sp³-hybridized carbons (Fsp3) is 0.250. The minimum absolute atomic E-state index is 0.393. The molecule has 6 heteroatoms. The molecule has 0 radical (unpaired) electrons. The van der Waals surface area contributed by atoms with Crippen LogP contribution in [0.3, 0.4) is 0 Å². The van der Waals surface area contributed by atoms with Gasteiger partial charge in [-0.15, -0.1) is 0 Å². The molecule has 1 aromatic heterocycles. The summed E-state index contributed by atoms with van der Waals surface area (Å²) in [6.07, 6.45) is 1.66. The number of carbonyl (C=O) groups is 1. The summed E-state index contributed by atoms with van der Waals surface area (Å²) in [5, 5.41) is 8.47. The SMILES string of the molecule is O=C(O)c1cncc(C(F)(F)CF)c1. The van der Waals surface area contributed by atoms with Gasteiger partial charge in [0.2, 0.25) is 0 Å². The standard InChI is InChI=1S/C8H6F3NO2/c9-4-8(10,11)6-1-5(7(13)14)2-12-3-6/h1-3H,4H2,(H,13,14). The molecule has 0 amide bonds. The molecule has 14 heavy (non-hydrogen) atoms. The summed E-state index contributed by atoms with van der Waals surface area (Å²) in [5.41, 5.74) is -1.13. The Kier molecular flexibility index (Phi) is 2.73. The van der Waals surface area contributed by atoms with Crippen molar-refractivity contribution >= 4 is 5.97 Å². The molecule has 0 fully saturated rings. The van der Waals surface area contributed by atoms with Crippen molar-refractivity contribution in [1.82, 2.24) is 4.98 Å². The lowest BCUT2D eigenvalue weighted by Crippen LogP contribution is -2.17. The van der Waals surface area contributed by atoms with Crippen LogP contribution < -0.4 is 0 Å². The molecular weight excluding hydrogens is 199 g/mol. The minimum atomic E-state index is -3.68. The Balaban J connectivity index is 3.12. The summed E-state index contributed by atoms with van der Waals surface area (Å²) in [4.78, 5) is 13.7. The second-order valence-corrected chi connectivity index (χ2v) is 2.61. The highest BCUT2D eigenvalue weighted by Gasteiger charge is 2.32. The van der Waals surface area contributed by atoms with Gasteiger partial charge in [-0.05, 0) is 6.07 Å². The number of carboxylic acids is 1. The summed E-state index contributed by atoms with van der Waals surface area (Å²) in [5.74, 6) is -5.06. The molecule has 0 saturated carbocycles. The lowest BCUT2D eigenvalue weighted by Gasteiger charge is -2.11. The minimum Gasteiger partial charge on any atom is -0.478 e. The molecule has 0 saturated heterocycles. The second-order valence-electron chi connectivity index (χ2n) is 2.61. The predicted octanol–water partition coefficient (Wildman–Crippen LogP) is 1.84. The Hall–Kier alpha value is -1.59. The molecular formula is C8H6F3NO2. The Labute approximate surface area is 77.2 Å². The zero-order valence-electron chi connectivity index (χ0n) is 6.88. The van der Waals surface area contributed by atoms with E-state index in [0.717, 1.165) is 12.4 Å². The summed E-state index contributed by atoms with van der Waals surface area (Å²) in [6, 6.07) is 0.703. The van der Waals surface area contributed by atoms with Crippen LogP contribution in [0.25, 0.3) is 0 Å². The quantitative estimate of drug-likeness (QED) is 0.819. The van der Waals surface area contributed by atoms with Crippen molar-refractivity contribution in [3.8, 4) is 0 Å². The fourth-order valence-corrected chi connectivity index (χ4v) is 0.834. The van der Waals surface area contributed by atoms with E-state index in [1.807, 2.05) is 0 Å². The topological polar surface area (TPSA) is 50.2 Å². The molecule has 0 bridgehead atoms. The summed E-state index contributed by atoms with van der Waals surface area (Å²) < 4.78 is 37.3. The van der Waals surface area contributed by atoms with Crippen molar-refractivity contribution in [3.05, 3.63) is 29.6 Å². The third-order valence-corrected chi connectivity index (χ3v) is 1.58. The van der Waals surface area contributed by atoms with Gasteiger partial charge in [0.1, 0.15) is 0 Å². The van der Waals surface area contributed by atoms with E-state index in [9.17, 15) is 18.0 Å². The summed E-state index contributed by atoms with van der Waals surface area (Å²) in [7, 11) is 0. The van der Waals surface area contributed by atoms with Gasteiger partial charge in [0, 0.05) is 18.0 Å². The number of pyridine rings is 1. The number of nitrogens with zero attached hydrogens (tertiary/aromatic N) is 1. The first kappa shape index (κ1) is 10.5. The molecule has 1 aromatic rings. The Morgan fingerprint density at radius 3 is 2.64 bits per heavy atom. The summed E-state index contributed by atoms with van der Waals surface area (Å²) in [6.45, 7) is -1.88. The molecule has 3 nitrogen and oxygen atoms in total. The largest absolute Gasteiger partial charge is 0.478 e. The van der Waals surface area contributed by atoms with E-state index in [4.69, 9.17) is 5.11 Å². The molecule has 0 unspecified atom stereocenters. The van der Waals surface area contributed by atoms with Crippen molar-refractivity contribution in [1.29, 1.82) is 0 Å². The van der Waals surface area contributed by atoms with Gasteiger partial charge < -0.3 is 5.11 Å². The van der Waals surface area contributed by atoms with Crippen LogP contribution in [0.5, 0.6) is 0 Å². The van der Waals surface area contributed by atoms with Crippen molar-refractivity contribution in [2.45, 2.75) is 5.92 Å². The smallest absolute Gasteiger partial charge is 0.337 e. The van der Waals surface area contributed by atoms with Crippen LogP contribution in [0, 0.1) is 0 Å². The van der Waals surface area contributed by atoms with Gasteiger partial charge in [-0.25, -0.2) is 9.18 Å². The Morgan fingerprint density at radius 2 is 2.14 bits per heavy atom. The van der Waals surface area contributed by atoms with Crippen LogP contribution in [0.15, 0.2) is 18.5 Å². The van der Waals surface area contributed by atoms with Crippen LogP contribution in [0.2, 0.25) is 0 Å². The van der Waals surface area contributed by atoms with E-state index >= 15 is 0 Å². The first-order chi connectivity index (χ1) is 6.47. The molecule has 0 spiro atoms. The second kappa shape index (κ2) is 3.65. The molecule has 0 atom stereocenters. The van der Waals surface area contributed by atoms with Gasteiger partial charge in [0.25, 0.3) is 0 Å². The average Bonchev–Trinajstić information content (AvgIpc) is 2.18. The van der Waals surface area contributed by atoms with Crippen molar-refractivity contribution < 1.29 is 23.1 Å². The third-order valence-electron chi connectivity index (χ3n) is 1.58. The maximum absolute atomic E-state index is 12.7. The first-order valence-electron chi connectivity index (χ1n) is 3.60. The maximum Gasteiger partial charge on any atom is 0.337 e. The van der Waals surface area contributed by atoms with E-state index in [1.165, 1.54) is 0 Å². The monoisotopic (exact) mass is 205 g/mol. The normalized spacial score (nSPS) is 11.4. The van der Waals surface area contributed by atoms with E-state index in [2.05, 4.69) is 4.98 Å². The lowest BCUT2D eigenvalue weighted by atomic mass is 10.1. The van der Waals surface area contributed by atoms with Crippen LogP contribution in [-0.2, 0) is 5.92 Å². The Morgan fingerprint density at radius 1 is 1.50 bits per heavy atom. The van der Waals surface area contributed by atoms with Crippen LogP contribution in [-0.4, -0.2) is 22.7 Å². The predicted molar refractivity (Wildman–Crippen MR) is 41.1 cm³/mol. The number of halogens is 3. The average molecular weight is 205 g/mol. The Bertz CT molecular complexity index is 354. The summed E-state index contributed by atoms with van der Waals surface area (Å²) >= 11 is 0. The lowest BCUT2D eigenvalue weighted by molar-refractivity contribution is -0.0284. The number of carboxylic acid groups (broad SMARTS) is 1. The van der Waals surface area contributed by atoms with Gasteiger partial charge in [-0.3, -0.25) is 4.98 Å². The van der Waals surface area contributed by atoms with E-state index in [0.29, 0.717) is 6.07 Å². The number of rotatable bonds is 3. The van der Waals surface area contributed by atoms with Crippen molar-refractivity contribution in [3.63, 3.8) is 0 Å². The van der Waals surface area contributed by atoms with Gasteiger partial charge >= 0.3 is 11.9 Å². The third kappa shape index (κ3) is 2.01. The molecule has 0 aliphatic heterocycles. The fourth-order valence-electron chi connectivity index (χ4n) is 0.834. The zero-order valence-corrected chi connectivity index (χ0v) is 6.88. The van der Waals surface area contributed by atoms with Crippen molar-refractivity contribution in [2.24, 2.45) is 0 Å². The molecule has 76 valence electrons. The number of hydrogen-bond donors (Lipinski definition) is 1. The number of aromatic carboxylic acids is 1. The highest BCUT2D eigenvalue weighted by molar-refractivity contribution is 5.87. The van der Waals surface area contributed by atoms with E-state index in [1.54, 1.807) is 0 Å². The van der Waals surface area contributed by atoms with Crippen LogP contribution in [0.1, 0.15) is 15.9 Å². The van der Waals surface area contributed by atoms with Gasteiger partial charge in [0.15, 0.2) is 6.67 Å². The molecule has 1 N–H and O–H groups in total. The molecule has 0 aliphatic carbocycles. The number of hydrogen-bond acceptors (Lipinski definition) is 2. The van der Waals surface area contributed by atoms with Gasteiger partial charge in [-0.1, -0.05) is 0 Å². The zero-order chi connectivity index (χ0) is 10.8. The first-order valence-corrected chi connectivity index (χ1v) is 3.60. The maximum atomic E-state index is 12.7. The van der Waals surface area contributed by atoms with E-state index in [-0.39, 0.29) is 0 Å². The molecule has 0 aromatic carbocycles. The van der Waals surface area contributed by atoms with Gasteiger partial charge in [-0.2, -0.15) is 8.78 Å². The molecule has 1 rings (SSSR count). The van der Waals surface area contributed by atoms with Crippen LogP contribution >= 0.6 is 0 Å². The van der Waals surface area contributed by atoms with Crippen LogP contribution in [0.4, 0.5) is 13.2 Å². The van der Waals surface area contributed by atoms with E-state index < -0.39 is 29.7 Å². The van der Waals surface area contributed by atoms with Gasteiger partial charge in [0.05, 0.1) is 5.56 Å². The highest BCUT2D eigenvalue weighted by atomic mass is 19.3. The molecule has 1 heterocycles. The van der Waals surface area contributed by atoms with Crippen molar-refractivity contribution in [2.75, 3.05) is 6.67 Å². The molecule has 0 aliphatic rings. The number of alkyl halides is 3. The number of aromatic nitrogens is 1.